The van der Waals surface area contributed by atoms with Crippen molar-refractivity contribution in [3.8, 4) is 5.75 Å². The van der Waals surface area contributed by atoms with Crippen LogP contribution in [0.15, 0.2) is 90.1 Å². The largest absolute Gasteiger partial charge is 0.494 e. The van der Waals surface area contributed by atoms with Crippen molar-refractivity contribution in [2.24, 2.45) is 0 Å². The van der Waals surface area contributed by atoms with E-state index in [0.717, 1.165) is 46.8 Å². The highest BCUT2D eigenvalue weighted by molar-refractivity contribution is 6.06. The van der Waals surface area contributed by atoms with Crippen LogP contribution in [0.2, 0.25) is 0 Å². The molecule has 2 atom stereocenters. The van der Waals surface area contributed by atoms with Gasteiger partial charge in [0.15, 0.2) is 5.78 Å². The third kappa shape index (κ3) is 4.66. The smallest absolute Gasteiger partial charge is 0.224 e. The van der Waals surface area contributed by atoms with Gasteiger partial charge in [-0.3, -0.25) is 14.5 Å². The summed E-state index contributed by atoms with van der Waals surface area (Å²) in [7, 11) is 0. The van der Waals surface area contributed by atoms with E-state index >= 15 is 0 Å². The number of hydrogen-bond donors (Lipinski definition) is 1. The number of fused-ring (bicyclic) bond motifs is 1. The molecule has 5 rings (SSSR count). The van der Waals surface area contributed by atoms with Crippen LogP contribution >= 0.6 is 0 Å². The molecule has 3 aromatic rings. The Hall–Kier alpha value is -3.86. The average molecular weight is 481 g/mol. The van der Waals surface area contributed by atoms with Gasteiger partial charge in [-0.05, 0) is 54.2 Å². The second kappa shape index (κ2) is 10.4. The quantitative estimate of drug-likeness (QED) is 0.395. The molecule has 0 aromatic heterocycles. The summed E-state index contributed by atoms with van der Waals surface area (Å²) >= 11 is 0. The number of nitrogens with zero attached hydrogens (tertiary/aromatic N) is 1. The van der Waals surface area contributed by atoms with E-state index in [9.17, 15) is 9.59 Å². The van der Waals surface area contributed by atoms with Crippen molar-refractivity contribution in [1.29, 1.82) is 0 Å². The predicted molar refractivity (Wildman–Crippen MR) is 143 cm³/mol. The maximum absolute atomic E-state index is 13.8. The van der Waals surface area contributed by atoms with Gasteiger partial charge < -0.3 is 10.1 Å². The molecule has 3 aromatic carbocycles. The van der Waals surface area contributed by atoms with Gasteiger partial charge in [0.1, 0.15) is 5.75 Å². The van der Waals surface area contributed by atoms with E-state index in [4.69, 9.17) is 4.74 Å². The van der Waals surface area contributed by atoms with Gasteiger partial charge in [0.25, 0.3) is 0 Å². The van der Waals surface area contributed by atoms with Crippen LogP contribution in [-0.2, 0) is 9.59 Å². The first-order chi connectivity index (χ1) is 17.6. The normalized spacial score (nSPS) is 19.2. The van der Waals surface area contributed by atoms with Crippen molar-refractivity contribution < 1.29 is 14.3 Å². The molecule has 5 nitrogen and oxygen atoms in total. The minimum Gasteiger partial charge on any atom is -0.494 e. The minimum atomic E-state index is -0.474. The molecule has 1 aliphatic carbocycles. The second-order valence-corrected chi connectivity index (χ2v) is 9.54. The molecule has 0 spiro atoms. The number of ether oxygens (including phenoxy) is 1. The SMILES string of the molecule is CCCCOc1ccc([C@H]2CC(=O)C3=C(C2)Nc2ccccc2N(C(C)=O)[C@H]3c2ccccc2)cc1. The number of ketones is 1. The van der Waals surface area contributed by atoms with Crippen molar-refractivity contribution in [2.45, 2.75) is 51.5 Å². The van der Waals surface area contributed by atoms with Crippen molar-refractivity contribution in [2.75, 3.05) is 16.8 Å². The van der Waals surface area contributed by atoms with Crippen LogP contribution in [0.4, 0.5) is 11.4 Å². The average Bonchev–Trinajstić information content (AvgIpc) is 3.04. The Labute approximate surface area is 212 Å². The Morgan fingerprint density at radius 2 is 1.67 bits per heavy atom. The van der Waals surface area contributed by atoms with Gasteiger partial charge in [0, 0.05) is 24.6 Å². The first kappa shape index (κ1) is 23.9. The maximum Gasteiger partial charge on any atom is 0.224 e. The number of allylic oxidation sites excluding steroid dienone is 1. The van der Waals surface area contributed by atoms with E-state index in [2.05, 4.69) is 24.4 Å². The van der Waals surface area contributed by atoms with Crippen LogP contribution in [0.25, 0.3) is 0 Å². The van der Waals surface area contributed by atoms with Gasteiger partial charge in [0.05, 0.1) is 24.0 Å². The Kier molecular flexibility index (Phi) is 6.90. The molecule has 0 unspecified atom stereocenters. The summed E-state index contributed by atoms with van der Waals surface area (Å²) in [6, 6.07) is 25.3. The molecular weight excluding hydrogens is 448 g/mol. The fraction of sp³-hybridized carbons (Fsp3) is 0.290. The van der Waals surface area contributed by atoms with Crippen LogP contribution in [0.1, 0.15) is 62.6 Å². The zero-order valence-electron chi connectivity index (χ0n) is 20.9. The number of amides is 1. The lowest BCUT2D eigenvalue weighted by Crippen LogP contribution is -2.37. The topological polar surface area (TPSA) is 58.6 Å². The van der Waals surface area contributed by atoms with Gasteiger partial charge >= 0.3 is 0 Å². The second-order valence-electron chi connectivity index (χ2n) is 9.54. The zero-order chi connectivity index (χ0) is 25.1. The first-order valence-electron chi connectivity index (χ1n) is 12.8. The molecule has 1 aliphatic heterocycles. The molecule has 5 heteroatoms. The summed E-state index contributed by atoms with van der Waals surface area (Å²) in [5.74, 6) is 0.892. The molecule has 0 bridgehead atoms. The molecular formula is C31H32N2O3. The number of rotatable bonds is 6. The monoisotopic (exact) mass is 480 g/mol. The van der Waals surface area contributed by atoms with Crippen LogP contribution in [-0.4, -0.2) is 18.3 Å². The van der Waals surface area contributed by atoms with Gasteiger partial charge in [-0.25, -0.2) is 0 Å². The minimum absolute atomic E-state index is 0.0564. The Morgan fingerprint density at radius 1 is 0.944 bits per heavy atom. The van der Waals surface area contributed by atoms with Crippen LogP contribution in [0, 0.1) is 0 Å². The third-order valence-electron chi connectivity index (χ3n) is 7.06. The number of hydrogen-bond acceptors (Lipinski definition) is 4. The maximum atomic E-state index is 13.8. The van der Waals surface area contributed by atoms with E-state index in [0.29, 0.717) is 25.0 Å². The molecule has 1 heterocycles. The fourth-order valence-electron chi connectivity index (χ4n) is 5.30. The summed E-state index contributed by atoms with van der Waals surface area (Å²) in [4.78, 5) is 28.7. The van der Waals surface area contributed by atoms with Crippen molar-refractivity contribution in [3.63, 3.8) is 0 Å². The Morgan fingerprint density at radius 3 is 2.39 bits per heavy atom. The number of benzene rings is 3. The Bertz CT molecular complexity index is 1280. The lowest BCUT2D eigenvalue weighted by Gasteiger charge is -2.34. The number of anilines is 2. The lowest BCUT2D eigenvalue weighted by molar-refractivity contribution is -0.117. The summed E-state index contributed by atoms with van der Waals surface area (Å²) in [6.45, 7) is 4.43. The zero-order valence-corrected chi connectivity index (χ0v) is 20.9. The summed E-state index contributed by atoms with van der Waals surface area (Å²) in [5.41, 5.74) is 5.25. The van der Waals surface area contributed by atoms with E-state index in [1.165, 1.54) is 0 Å². The standard InChI is InChI=1S/C31H32N2O3/c1-3-4-18-36-25-16-14-22(15-17-25)24-19-27-30(29(35)20-24)31(23-10-6-5-7-11-23)33(21(2)34)28-13-9-8-12-26(28)32-27/h5-17,24,31-32H,3-4,18-20H2,1-2H3/t24-,31+/m1/s1. The summed E-state index contributed by atoms with van der Waals surface area (Å²) < 4.78 is 5.82. The van der Waals surface area contributed by atoms with Crippen LogP contribution < -0.4 is 15.0 Å². The number of carbonyl (C=O) groups is 2. The lowest BCUT2D eigenvalue weighted by atomic mass is 9.78. The fourth-order valence-corrected chi connectivity index (χ4v) is 5.30. The van der Waals surface area contributed by atoms with E-state index in [1.54, 1.807) is 11.8 Å². The molecule has 0 fully saturated rings. The summed E-state index contributed by atoms with van der Waals surface area (Å²) in [5, 5.41) is 3.56. The van der Waals surface area contributed by atoms with Gasteiger partial charge in [-0.1, -0.05) is 67.9 Å². The molecule has 2 aliphatic rings. The van der Waals surface area contributed by atoms with Crippen molar-refractivity contribution >= 4 is 23.1 Å². The van der Waals surface area contributed by atoms with E-state index in [-0.39, 0.29) is 17.6 Å². The number of nitrogens with one attached hydrogen (secondary N) is 1. The number of carbonyl (C=O) groups excluding carboxylic acids is 2. The number of para-hydroxylation sites is 2. The van der Waals surface area contributed by atoms with Gasteiger partial charge in [-0.15, -0.1) is 0 Å². The third-order valence-corrected chi connectivity index (χ3v) is 7.06. The molecule has 184 valence electrons. The van der Waals surface area contributed by atoms with E-state index < -0.39 is 6.04 Å². The number of unbranched alkanes of at least 4 members (excludes halogenated alkanes) is 1. The van der Waals surface area contributed by atoms with E-state index in [1.807, 2.05) is 66.7 Å². The number of Topliss-reactive ketones (excluding diaryl/α,β-unsaturated/α-hetero) is 1. The van der Waals surface area contributed by atoms with Gasteiger partial charge in [-0.2, -0.15) is 0 Å². The molecule has 1 N–H and O–H groups in total. The highest BCUT2D eigenvalue weighted by Crippen LogP contribution is 2.47. The highest BCUT2D eigenvalue weighted by atomic mass is 16.5. The van der Waals surface area contributed by atoms with Gasteiger partial charge in [0.2, 0.25) is 5.91 Å². The molecule has 1 amide bonds. The summed E-state index contributed by atoms with van der Waals surface area (Å²) in [6.07, 6.45) is 3.23. The van der Waals surface area contributed by atoms with Crippen molar-refractivity contribution in [1.82, 2.24) is 0 Å². The predicted octanol–water partition coefficient (Wildman–Crippen LogP) is 6.79. The highest BCUT2D eigenvalue weighted by Gasteiger charge is 2.40. The molecule has 0 radical (unpaired) electrons. The van der Waals surface area contributed by atoms with Crippen LogP contribution in [0.5, 0.6) is 5.75 Å². The molecule has 0 saturated carbocycles. The molecule has 0 saturated heterocycles. The molecule has 36 heavy (non-hydrogen) atoms. The van der Waals surface area contributed by atoms with Crippen molar-refractivity contribution in [3.05, 3.63) is 101 Å². The first-order valence-corrected chi connectivity index (χ1v) is 12.8. The van der Waals surface area contributed by atoms with Crippen LogP contribution in [0.3, 0.4) is 0 Å². The Balaban J connectivity index is 1.54.